The number of benzene rings is 2. The molecule has 1 amide bonds. The molecule has 0 spiro atoms. The van der Waals surface area contributed by atoms with Gasteiger partial charge in [0.15, 0.2) is 17.7 Å². The number of nitrogens with one attached hydrogen (secondary N) is 2. The van der Waals surface area contributed by atoms with Gasteiger partial charge in [0.05, 0.1) is 12.0 Å². The molecule has 1 atom stereocenters. The van der Waals surface area contributed by atoms with Crippen molar-refractivity contribution >= 4 is 15.9 Å². The van der Waals surface area contributed by atoms with Crippen molar-refractivity contribution < 1.29 is 27.1 Å². The molecule has 2 aromatic carbocycles. The molecule has 2 rings (SSSR count). The largest absolute Gasteiger partial charge is 0.497 e. The standard InChI is InChI=1S/C16H17FN2O5S/c1-11(24-15-6-4-3-5-14(15)17)16(20)18-19-25(21,22)13-9-7-12(23-2)8-10-13/h3-11,19H,1-2H3,(H,18,20)/t11-/m0/s1. The number of carbonyl (C=O) groups is 1. The van der Waals surface area contributed by atoms with Crippen LogP contribution in [-0.2, 0) is 14.8 Å². The van der Waals surface area contributed by atoms with Gasteiger partial charge in [-0.15, -0.1) is 4.83 Å². The van der Waals surface area contributed by atoms with Gasteiger partial charge in [-0.25, -0.2) is 12.8 Å². The number of para-hydroxylation sites is 1. The van der Waals surface area contributed by atoms with Crippen molar-refractivity contribution in [1.29, 1.82) is 0 Å². The lowest BCUT2D eigenvalue weighted by molar-refractivity contribution is -0.127. The number of carbonyl (C=O) groups excluding carboxylic acids is 1. The molecule has 0 saturated heterocycles. The minimum absolute atomic E-state index is 0.0590. The molecule has 25 heavy (non-hydrogen) atoms. The van der Waals surface area contributed by atoms with Crippen molar-refractivity contribution in [3.63, 3.8) is 0 Å². The fourth-order valence-corrected chi connectivity index (χ4v) is 2.66. The first-order chi connectivity index (χ1) is 11.8. The lowest BCUT2D eigenvalue weighted by Crippen LogP contribution is -2.47. The molecular formula is C16H17FN2O5S. The second-order valence-electron chi connectivity index (χ2n) is 4.96. The van der Waals surface area contributed by atoms with E-state index in [-0.39, 0.29) is 10.6 Å². The third-order valence-electron chi connectivity index (χ3n) is 3.19. The van der Waals surface area contributed by atoms with E-state index in [9.17, 15) is 17.6 Å². The summed E-state index contributed by atoms with van der Waals surface area (Å²) in [7, 11) is -2.50. The molecule has 0 aromatic heterocycles. The van der Waals surface area contributed by atoms with Crippen molar-refractivity contribution in [2.24, 2.45) is 0 Å². The number of hydrazine groups is 1. The van der Waals surface area contributed by atoms with Crippen molar-refractivity contribution in [2.45, 2.75) is 17.9 Å². The molecule has 2 aromatic rings. The van der Waals surface area contributed by atoms with Crippen LogP contribution in [0.15, 0.2) is 53.4 Å². The molecule has 0 unspecified atom stereocenters. The highest BCUT2D eigenvalue weighted by atomic mass is 32.2. The zero-order chi connectivity index (χ0) is 18.4. The van der Waals surface area contributed by atoms with E-state index >= 15 is 0 Å². The SMILES string of the molecule is COc1ccc(S(=O)(=O)NNC(=O)[C@H](C)Oc2ccccc2F)cc1. The van der Waals surface area contributed by atoms with Crippen molar-refractivity contribution in [3.8, 4) is 11.5 Å². The summed E-state index contributed by atoms with van der Waals surface area (Å²) < 4.78 is 47.8. The van der Waals surface area contributed by atoms with Crippen LogP contribution in [0.25, 0.3) is 0 Å². The number of methoxy groups -OCH3 is 1. The van der Waals surface area contributed by atoms with E-state index in [1.165, 1.54) is 56.5 Å². The minimum Gasteiger partial charge on any atom is -0.497 e. The topological polar surface area (TPSA) is 93.7 Å². The smallest absolute Gasteiger partial charge is 0.275 e. The van der Waals surface area contributed by atoms with Gasteiger partial charge in [-0.2, -0.15) is 0 Å². The Bertz CT molecular complexity index is 840. The summed E-state index contributed by atoms with van der Waals surface area (Å²) in [6.07, 6.45) is -1.12. The first-order valence-electron chi connectivity index (χ1n) is 7.20. The van der Waals surface area contributed by atoms with Crippen LogP contribution < -0.4 is 19.7 Å². The number of ether oxygens (including phenoxy) is 2. The molecule has 0 radical (unpaired) electrons. The van der Waals surface area contributed by atoms with E-state index in [1.54, 1.807) is 6.07 Å². The number of sulfonamides is 1. The fourth-order valence-electron chi connectivity index (χ4n) is 1.82. The van der Waals surface area contributed by atoms with Gasteiger partial charge in [-0.05, 0) is 43.3 Å². The Morgan fingerprint density at radius 2 is 1.76 bits per heavy atom. The van der Waals surface area contributed by atoms with Gasteiger partial charge in [0, 0.05) is 0 Å². The Balaban J connectivity index is 1.96. The van der Waals surface area contributed by atoms with Crippen LogP contribution in [0, 0.1) is 5.82 Å². The number of hydrogen-bond acceptors (Lipinski definition) is 5. The first-order valence-corrected chi connectivity index (χ1v) is 8.68. The summed E-state index contributed by atoms with van der Waals surface area (Å²) in [6, 6.07) is 11.2. The van der Waals surface area contributed by atoms with Gasteiger partial charge < -0.3 is 9.47 Å². The molecule has 0 saturated carbocycles. The minimum atomic E-state index is -3.96. The van der Waals surface area contributed by atoms with E-state index in [4.69, 9.17) is 9.47 Å². The van der Waals surface area contributed by atoms with E-state index < -0.39 is 27.9 Å². The molecule has 0 aliphatic heterocycles. The predicted octanol–water partition coefficient (Wildman–Crippen LogP) is 1.61. The zero-order valence-corrected chi connectivity index (χ0v) is 14.3. The average molecular weight is 368 g/mol. The molecule has 0 fully saturated rings. The van der Waals surface area contributed by atoms with Gasteiger partial charge in [0.1, 0.15) is 5.75 Å². The van der Waals surface area contributed by atoms with Gasteiger partial charge in [-0.1, -0.05) is 12.1 Å². The predicted molar refractivity (Wildman–Crippen MR) is 87.9 cm³/mol. The highest BCUT2D eigenvalue weighted by Crippen LogP contribution is 2.17. The van der Waals surface area contributed by atoms with Gasteiger partial charge in [0.25, 0.3) is 15.9 Å². The summed E-state index contributed by atoms with van der Waals surface area (Å²) in [5.41, 5.74) is 2.03. The third-order valence-corrected chi connectivity index (χ3v) is 4.45. The summed E-state index contributed by atoms with van der Waals surface area (Å²) in [5.74, 6) is -1.01. The average Bonchev–Trinajstić information content (AvgIpc) is 2.61. The Hall–Kier alpha value is -2.65. The second kappa shape index (κ2) is 7.95. The van der Waals surface area contributed by atoms with Gasteiger partial charge in [0.2, 0.25) is 0 Å². The van der Waals surface area contributed by atoms with Crippen LogP contribution >= 0.6 is 0 Å². The highest BCUT2D eigenvalue weighted by Gasteiger charge is 2.20. The Labute approximate surface area is 144 Å². The van der Waals surface area contributed by atoms with E-state index in [2.05, 4.69) is 0 Å². The quantitative estimate of drug-likeness (QED) is 0.724. The molecule has 2 N–H and O–H groups in total. The maximum Gasteiger partial charge on any atom is 0.275 e. The Kier molecular flexibility index (Phi) is 5.94. The molecule has 7 nitrogen and oxygen atoms in total. The fraction of sp³-hybridized carbons (Fsp3) is 0.188. The zero-order valence-electron chi connectivity index (χ0n) is 13.5. The van der Waals surface area contributed by atoms with Gasteiger partial charge in [-0.3, -0.25) is 10.2 Å². The maximum absolute atomic E-state index is 13.5. The summed E-state index contributed by atoms with van der Waals surface area (Å²) in [5, 5.41) is 0. The Morgan fingerprint density at radius 3 is 2.36 bits per heavy atom. The van der Waals surface area contributed by atoms with E-state index in [0.717, 1.165) is 0 Å². The third kappa shape index (κ3) is 4.91. The summed E-state index contributed by atoms with van der Waals surface area (Å²) >= 11 is 0. The molecule has 134 valence electrons. The number of halogens is 1. The normalized spacial score (nSPS) is 12.3. The number of rotatable bonds is 7. The molecule has 9 heteroatoms. The number of amides is 1. The van der Waals surface area contributed by atoms with Crippen LogP contribution in [0.3, 0.4) is 0 Å². The lowest BCUT2D eigenvalue weighted by atomic mass is 10.3. The highest BCUT2D eigenvalue weighted by molar-refractivity contribution is 7.89. The summed E-state index contributed by atoms with van der Waals surface area (Å²) in [6.45, 7) is 1.36. The molecule has 0 aliphatic carbocycles. The first kappa shape index (κ1) is 18.7. The second-order valence-corrected chi connectivity index (χ2v) is 6.64. The van der Waals surface area contributed by atoms with E-state index in [1.807, 2.05) is 10.3 Å². The molecule has 0 heterocycles. The maximum atomic E-state index is 13.5. The van der Waals surface area contributed by atoms with Crippen molar-refractivity contribution in [1.82, 2.24) is 10.3 Å². The van der Waals surface area contributed by atoms with Crippen molar-refractivity contribution in [2.75, 3.05) is 7.11 Å². The molecule has 0 aliphatic rings. The molecule has 0 bridgehead atoms. The van der Waals surface area contributed by atoms with E-state index in [0.29, 0.717) is 5.75 Å². The monoisotopic (exact) mass is 368 g/mol. The summed E-state index contributed by atoms with van der Waals surface area (Å²) in [4.78, 5) is 13.8. The lowest BCUT2D eigenvalue weighted by Gasteiger charge is -2.15. The van der Waals surface area contributed by atoms with Crippen LogP contribution in [0.4, 0.5) is 4.39 Å². The van der Waals surface area contributed by atoms with Crippen molar-refractivity contribution in [3.05, 3.63) is 54.3 Å². The van der Waals surface area contributed by atoms with Gasteiger partial charge >= 0.3 is 0 Å². The van der Waals surface area contributed by atoms with Crippen LogP contribution in [0.1, 0.15) is 6.92 Å². The van der Waals surface area contributed by atoms with Crippen LogP contribution in [-0.4, -0.2) is 27.5 Å². The van der Waals surface area contributed by atoms with Crippen LogP contribution in [0.5, 0.6) is 11.5 Å². The number of hydrogen-bond donors (Lipinski definition) is 2. The molecular weight excluding hydrogens is 351 g/mol. The Morgan fingerprint density at radius 1 is 1.12 bits per heavy atom. The van der Waals surface area contributed by atoms with Crippen LogP contribution in [0.2, 0.25) is 0 Å².